The number of aromatic nitrogens is 1. The lowest BCUT2D eigenvalue weighted by Gasteiger charge is -2.10. The summed E-state index contributed by atoms with van der Waals surface area (Å²) in [4.78, 5) is 4.95. The molecular formula is C8H11NO3S. The minimum absolute atomic E-state index is 0.0975. The molecule has 0 aromatic carbocycles. The monoisotopic (exact) mass is 201 g/mol. The van der Waals surface area contributed by atoms with Crippen LogP contribution in [0.1, 0.15) is 17.4 Å². The van der Waals surface area contributed by atoms with Gasteiger partial charge in [-0.15, -0.1) is 11.3 Å². The molecule has 0 bridgehead atoms. The van der Waals surface area contributed by atoms with Crippen LogP contribution < -0.4 is 0 Å². The second-order valence-electron chi connectivity index (χ2n) is 3.05. The van der Waals surface area contributed by atoms with Gasteiger partial charge >= 0.3 is 0 Å². The van der Waals surface area contributed by atoms with Crippen molar-refractivity contribution in [3.05, 3.63) is 16.6 Å². The van der Waals surface area contributed by atoms with Crippen molar-refractivity contribution in [2.75, 3.05) is 6.61 Å². The fourth-order valence-corrected chi connectivity index (χ4v) is 2.13. The molecule has 1 aromatic heterocycles. The van der Waals surface area contributed by atoms with Gasteiger partial charge in [0.25, 0.3) is 0 Å². The highest BCUT2D eigenvalue weighted by Gasteiger charge is 2.34. The molecule has 4 nitrogen and oxygen atoms in total. The summed E-state index contributed by atoms with van der Waals surface area (Å²) < 4.78 is 5.44. The summed E-state index contributed by atoms with van der Waals surface area (Å²) in [6, 6.07) is 0. The van der Waals surface area contributed by atoms with Gasteiger partial charge in [-0.1, -0.05) is 0 Å². The average molecular weight is 201 g/mol. The van der Waals surface area contributed by atoms with E-state index in [9.17, 15) is 5.11 Å². The van der Waals surface area contributed by atoms with E-state index >= 15 is 0 Å². The molecule has 1 aromatic rings. The Hall–Kier alpha value is -0.490. The molecule has 2 rings (SSSR count). The maximum atomic E-state index is 9.46. The van der Waals surface area contributed by atoms with E-state index in [0.29, 0.717) is 6.42 Å². The summed E-state index contributed by atoms with van der Waals surface area (Å²) in [5.41, 5.74) is 1.73. The topological polar surface area (TPSA) is 62.6 Å². The first kappa shape index (κ1) is 9.08. The fraction of sp³-hybridized carbons (Fsp3) is 0.625. The zero-order valence-corrected chi connectivity index (χ0v) is 7.78. The zero-order chi connectivity index (χ0) is 9.26. The third-order valence-electron chi connectivity index (χ3n) is 2.17. The van der Waals surface area contributed by atoms with Crippen LogP contribution in [0.5, 0.6) is 0 Å². The number of aliphatic hydroxyl groups is 2. The minimum atomic E-state index is -0.558. The lowest BCUT2D eigenvalue weighted by atomic mass is 10.1. The van der Waals surface area contributed by atoms with Crippen LogP contribution in [0, 0.1) is 0 Å². The van der Waals surface area contributed by atoms with Crippen LogP contribution in [0.4, 0.5) is 0 Å². The fourth-order valence-electron chi connectivity index (χ4n) is 1.46. The Labute approximate surface area is 79.8 Å². The average Bonchev–Trinajstić information content (AvgIpc) is 2.71. The highest BCUT2D eigenvalue weighted by atomic mass is 32.1. The minimum Gasteiger partial charge on any atom is -0.394 e. The molecule has 2 N–H and O–H groups in total. The smallest absolute Gasteiger partial charge is 0.107 e. The Kier molecular flexibility index (Phi) is 2.59. The highest BCUT2D eigenvalue weighted by molar-refractivity contribution is 7.09. The number of nitrogens with zero attached hydrogens (tertiary/aromatic N) is 1. The van der Waals surface area contributed by atoms with E-state index in [0.717, 1.165) is 4.88 Å². The molecule has 5 heteroatoms. The maximum Gasteiger partial charge on any atom is 0.107 e. The van der Waals surface area contributed by atoms with Crippen molar-refractivity contribution >= 4 is 11.3 Å². The van der Waals surface area contributed by atoms with Gasteiger partial charge in [0.1, 0.15) is 6.10 Å². The van der Waals surface area contributed by atoms with Gasteiger partial charge in [-0.3, -0.25) is 4.98 Å². The molecule has 0 amide bonds. The van der Waals surface area contributed by atoms with Crippen LogP contribution in [-0.2, 0) is 4.74 Å². The Morgan fingerprint density at radius 3 is 3.08 bits per heavy atom. The first-order chi connectivity index (χ1) is 6.31. The molecule has 72 valence electrons. The molecule has 0 saturated carbocycles. The number of thiazole rings is 1. The van der Waals surface area contributed by atoms with E-state index in [1.807, 2.05) is 0 Å². The summed E-state index contributed by atoms with van der Waals surface area (Å²) in [7, 11) is 0. The maximum absolute atomic E-state index is 9.46. The lowest BCUT2D eigenvalue weighted by Crippen LogP contribution is -2.24. The van der Waals surface area contributed by atoms with E-state index in [1.54, 1.807) is 11.7 Å². The summed E-state index contributed by atoms with van der Waals surface area (Å²) in [5, 5.41) is 18.3. The second-order valence-corrected chi connectivity index (χ2v) is 3.97. The van der Waals surface area contributed by atoms with Crippen LogP contribution >= 0.6 is 11.3 Å². The quantitative estimate of drug-likeness (QED) is 0.723. The van der Waals surface area contributed by atoms with Crippen LogP contribution in [0.2, 0.25) is 0 Å². The second kappa shape index (κ2) is 3.71. The normalized spacial score (nSPS) is 33.8. The molecule has 1 saturated heterocycles. The Bertz CT molecular complexity index is 264. The summed E-state index contributed by atoms with van der Waals surface area (Å²) in [6.07, 6.45) is 1.19. The highest BCUT2D eigenvalue weighted by Crippen LogP contribution is 2.34. The standard InChI is InChI=1S/C8H11NO3S/c10-3-7-5(11)1-6(12-7)8-2-9-4-13-8/h2,4-7,10-11H,1,3H2/t5-,6+,7+/m0/s1. The van der Waals surface area contributed by atoms with Gasteiger partial charge in [0.2, 0.25) is 0 Å². The molecule has 2 heterocycles. The van der Waals surface area contributed by atoms with Gasteiger partial charge in [-0.05, 0) is 0 Å². The summed E-state index contributed by atoms with van der Waals surface area (Å²) in [5.74, 6) is 0. The SMILES string of the molecule is OC[C@H]1O[C@@H](c2cncs2)C[C@@H]1O. The third-order valence-corrected chi connectivity index (χ3v) is 3.04. The molecular weight excluding hydrogens is 190 g/mol. The van der Waals surface area contributed by atoms with Crippen LogP contribution in [0.15, 0.2) is 11.7 Å². The van der Waals surface area contributed by atoms with E-state index in [2.05, 4.69) is 4.98 Å². The van der Waals surface area contributed by atoms with Crippen LogP contribution in [-0.4, -0.2) is 34.0 Å². The molecule has 1 aliphatic rings. The van der Waals surface area contributed by atoms with Crippen molar-refractivity contribution in [1.82, 2.24) is 4.98 Å². The molecule has 0 aliphatic carbocycles. The largest absolute Gasteiger partial charge is 0.394 e. The van der Waals surface area contributed by atoms with Gasteiger partial charge in [-0.2, -0.15) is 0 Å². The molecule has 0 radical (unpaired) electrons. The van der Waals surface area contributed by atoms with Gasteiger partial charge in [0.05, 0.1) is 29.2 Å². The van der Waals surface area contributed by atoms with Crippen molar-refractivity contribution in [2.24, 2.45) is 0 Å². The van der Waals surface area contributed by atoms with Gasteiger partial charge in [-0.25, -0.2) is 0 Å². The first-order valence-corrected chi connectivity index (χ1v) is 5.02. The molecule has 1 fully saturated rings. The molecule has 13 heavy (non-hydrogen) atoms. The van der Waals surface area contributed by atoms with Crippen molar-refractivity contribution < 1.29 is 14.9 Å². The third kappa shape index (κ3) is 1.73. The van der Waals surface area contributed by atoms with E-state index in [1.165, 1.54) is 11.3 Å². The number of rotatable bonds is 2. The molecule has 0 unspecified atom stereocenters. The number of ether oxygens (including phenoxy) is 1. The van der Waals surface area contributed by atoms with Gasteiger partial charge in [0, 0.05) is 12.6 Å². The lowest BCUT2D eigenvalue weighted by molar-refractivity contribution is -0.0217. The number of aliphatic hydroxyl groups excluding tert-OH is 2. The Morgan fingerprint density at radius 2 is 2.54 bits per heavy atom. The number of hydrogen-bond donors (Lipinski definition) is 2. The Morgan fingerprint density at radius 1 is 1.69 bits per heavy atom. The molecule has 3 atom stereocenters. The van der Waals surface area contributed by atoms with Gasteiger partial charge in [0.15, 0.2) is 0 Å². The predicted molar refractivity (Wildman–Crippen MR) is 47.4 cm³/mol. The van der Waals surface area contributed by atoms with Crippen LogP contribution in [0.25, 0.3) is 0 Å². The van der Waals surface area contributed by atoms with Crippen molar-refractivity contribution in [1.29, 1.82) is 0 Å². The first-order valence-electron chi connectivity index (χ1n) is 4.14. The Balaban J connectivity index is 2.05. The van der Waals surface area contributed by atoms with Crippen molar-refractivity contribution in [2.45, 2.75) is 24.7 Å². The predicted octanol–water partition coefficient (Wildman–Crippen LogP) is 0.326. The van der Waals surface area contributed by atoms with Crippen molar-refractivity contribution in [3.63, 3.8) is 0 Å². The molecule has 0 spiro atoms. The van der Waals surface area contributed by atoms with Crippen molar-refractivity contribution in [3.8, 4) is 0 Å². The van der Waals surface area contributed by atoms with Crippen LogP contribution in [0.3, 0.4) is 0 Å². The number of hydrogen-bond acceptors (Lipinski definition) is 5. The van der Waals surface area contributed by atoms with E-state index in [-0.39, 0.29) is 12.7 Å². The molecule has 1 aliphatic heterocycles. The zero-order valence-electron chi connectivity index (χ0n) is 6.96. The summed E-state index contributed by atoms with van der Waals surface area (Å²) in [6.45, 7) is -0.129. The van der Waals surface area contributed by atoms with E-state index < -0.39 is 12.2 Å². The van der Waals surface area contributed by atoms with E-state index in [4.69, 9.17) is 9.84 Å². The van der Waals surface area contributed by atoms with Gasteiger partial charge < -0.3 is 14.9 Å². The summed E-state index contributed by atoms with van der Waals surface area (Å²) >= 11 is 1.51.